The predicted octanol–water partition coefficient (Wildman–Crippen LogP) is 0.887. The van der Waals surface area contributed by atoms with Crippen LogP contribution in [-0.4, -0.2) is 46.8 Å². The van der Waals surface area contributed by atoms with Gasteiger partial charge in [-0.1, -0.05) is 0 Å². The summed E-state index contributed by atoms with van der Waals surface area (Å²) < 4.78 is 5.65. The molecule has 5 nitrogen and oxygen atoms in total. The molecule has 0 amide bonds. The van der Waals surface area contributed by atoms with Crippen LogP contribution < -0.4 is 10.5 Å². The summed E-state index contributed by atoms with van der Waals surface area (Å²) in [6.07, 6.45) is 5.92. The second kappa shape index (κ2) is 5.70. The van der Waals surface area contributed by atoms with Crippen molar-refractivity contribution in [2.45, 2.75) is 51.7 Å². The molecule has 1 aromatic heterocycles. The van der Waals surface area contributed by atoms with Crippen LogP contribution in [0.5, 0.6) is 0 Å². The van der Waals surface area contributed by atoms with Gasteiger partial charge < -0.3 is 14.7 Å². The van der Waals surface area contributed by atoms with Crippen LogP contribution in [0.25, 0.3) is 0 Å². The highest BCUT2D eigenvalue weighted by molar-refractivity contribution is 6.45. The standard InChI is InChI=1S/C14H23BN3O2/c1-13(2,19)14(3,4)20-15-11-9-17-12(10-16-11)18-7-5-6-8-18/h9-10,19H,5-8H2,1-4H3. The van der Waals surface area contributed by atoms with Crippen molar-refractivity contribution >= 4 is 18.9 Å². The van der Waals surface area contributed by atoms with Crippen LogP contribution in [0.3, 0.4) is 0 Å². The van der Waals surface area contributed by atoms with E-state index < -0.39 is 11.2 Å². The Morgan fingerprint density at radius 3 is 2.30 bits per heavy atom. The lowest BCUT2D eigenvalue weighted by atomic mass is 9.85. The van der Waals surface area contributed by atoms with E-state index in [9.17, 15) is 5.11 Å². The largest absolute Gasteiger partial charge is 0.425 e. The van der Waals surface area contributed by atoms with Crippen LogP contribution in [0.4, 0.5) is 5.82 Å². The van der Waals surface area contributed by atoms with Gasteiger partial charge in [-0.25, -0.2) is 4.98 Å². The number of aromatic nitrogens is 2. The molecule has 20 heavy (non-hydrogen) atoms. The van der Waals surface area contributed by atoms with Crippen LogP contribution >= 0.6 is 0 Å². The average molecular weight is 276 g/mol. The van der Waals surface area contributed by atoms with E-state index in [-0.39, 0.29) is 0 Å². The minimum Gasteiger partial charge on any atom is -0.425 e. The maximum atomic E-state index is 10.0. The smallest absolute Gasteiger partial charge is 0.353 e. The number of aliphatic hydroxyl groups is 1. The fraction of sp³-hybridized carbons (Fsp3) is 0.714. The van der Waals surface area contributed by atoms with Crippen molar-refractivity contribution in [1.29, 1.82) is 0 Å². The molecule has 0 aromatic carbocycles. The fourth-order valence-electron chi connectivity index (χ4n) is 1.85. The first kappa shape index (κ1) is 15.3. The van der Waals surface area contributed by atoms with E-state index in [2.05, 4.69) is 14.9 Å². The summed E-state index contributed by atoms with van der Waals surface area (Å²) in [5.74, 6) is 0.918. The Labute approximate surface area is 121 Å². The van der Waals surface area contributed by atoms with Gasteiger partial charge in [0.2, 0.25) is 0 Å². The lowest BCUT2D eigenvalue weighted by Crippen LogP contribution is -2.49. The van der Waals surface area contributed by atoms with Gasteiger partial charge in [0.15, 0.2) is 0 Å². The molecule has 1 fully saturated rings. The molecule has 0 bridgehead atoms. The van der Waals surface area contributed by atoms with Crippen LogP contribution in [0, 0.1) is 0 Å². The van der Waals surface area contributed by atoms with Gasteiger partial charge in [0.1, 0.15) is 5.82 Å². The highest BCUT2D eigenvalue weighted by atomic mass is 16.5. The van der Waals surface area contributed by atoms with Gasteiger partial charge in [0, 0.05) is 19.3 Å². The predicted molar refractivity (Wildman–Crippen MR) is 80.3 cm³/mol. The van der Waals surface area contributed by atoms with Crippen molar-refractivity contribution < 1.29 is 9.76 Å². The SMILES string of the molecule is CC(C)(O)C(C)(C)O[B]c1cnc(N2CCCC2)cn1. The summed E-state index contributed by atoms with van der Waals surface area (Å²) in [6, 6.07) is 0. The zero-order chi connectivity index (χ0) is 14.8. The molecule has 0 spiro atoms. The normalized spacial score (nSPS) is 16.6. The molecule has 0 atom stereocenters. The second-order valence-corrected chi connectivity index (χ2v) is 6.30. The van der Waals surface area contributed by atoms with E-state index in [0.29, 0.717) is 5.59 Å². The molecule has 0 unspecified atom stereocenters. The Morgan fingerprint density at radius 1 is 1.15 bits per heavy atom. The molecule has 1 N–H and O–H groups in total. The van der Waals surface area contributed by atoms with Gasteiger partial charge in [-0.05, 0) is 40.5 Å². The zero-order valence-electron chi connectivity index (χ0n) is 12.8. The molecular formula is C14H23BN3O2. The van der Waals surface area contributed by atoms with E-state index in [4.69, 9.17) is 4.65 Å². The number of rotatable bonds is 5. The molecule has 109 valence electrons. The summed E-state index contributed by atoms with van der Waals surface area (Å²) in [5.41, 5.74) is -0.973. The van der Waals surface area contributed by atoms with Crippen molar-refractivity contribution in [3.63, 3.8) is 0 Å². The van der Waals surface area contributed by atoms with Crippen molar-refractivity contribution in [1.82, 2.24) is 9.97 Å². The molecule has 1 aliphatic heterocycles. The molecule has 6 heteroatoms. The van der Waals surface area contributed by atoms with Crippen molar-refractivity contribution in [3.8, 4) is 0 Å². The third-order valence-electron chi connectivity index (χ3n) is 4.04. The Bertz CT molecular complexity index is 437. The highest BCUT2D eigenvalue weighted by Gasteiger charge is 2.35. The molecule has 0 aliphatic carbocycles. The third-order valence-corrected chi connectivity index (χ3v) is 4.04. The molecule has 1 aromatic rings. The Balaban J connectivity index is 1.94. The van der Waals surface area contributed by atoms with Crippen LogP contribution in [0.15, 0.2) is 12.4 Å². The summed E-state index contributed by atoms with van der Waals surface area (Å²) in [6.45, 7) is 9.25. The maximum absolute atomic E-state index is 10.0. The Kier molecular flexibility index (Phi) is 4.35. The first-order valence-electron chi connectivity index (χ1n) is 7.10. The second-order valence-electron chi connectivity index (χ2n) is 6.30. The molecule has 2 rings (SSSR count). The van der Waals surface area contributed by atoms with E-state index >= 15 is 0 Å². The molecule has 2 heterocycles. The number of hydrogen-bond acceptors (Lipinski definition) is 5. The summed E-state index contributed by atoms with van der Waals surface area (Å²) in [5, 5.41) is 10.0. The van der Waals surface area contributed by atoms with Crippen LogP contribution in [-0.2, 0) is 4.65 Å². The van der Waals surface area contributed by atoms with E-state index in [1.807, 2.05) is 13.8 Å². The lowest BCUT2D eigenvalue weighted by Gasteiger charge is -2.37. The minimum atomic E-state index is -0.938. The van der Waals surface area contributed by atoms with Gasteiger partial charge in [-0.3, -0.25) is 4.98 Å². The molecule has 1 saturated heterocycles. The molecule has 1 aliphatic rings. The van der Waals surface area contributed by atoms with Crippen LogP contribution in [0.1, 0.15) is 40.5 Å². The van der Waals surface area contributed by atoms with Crippen molar-refractivity contribution in [2.75, 3.05) is 18.0 Å². The number of hydrogen-bond donors (Lipinski definition) is 1. The molecular weight excluding hydrogens is 253 g/mol. The summed E-state index contributed by atoms with van der Waals surface area (Å²) in [4.78, 5) is 11.0. The topological polar surface area (TPSA) is 58.5 Å². The van der Waals surface area contributed by atoms with Crippen molar-refractivity contribution in [3.05, 3.63) is 12.4 Å². The minimum absolute atomic E-state index is 0.658. The molecule has 1 radical (unpaired) electrons. The first-order chi connectivity index (χ1) is 9.29. The monoisotopic (exact) mass is 276 g/mol. The Hall–Kier alpha value is -1.14. The first-order valence-corrected chi connectivity index (χ1v) is 7.10. The van der Waals surface area contributed by atoms with E-state index in [0.717, 1.165) is 18.9 Å². The molecule has 0 saturated carbocycles. The van der Waals surface area contributed by atoms with Crippen LogP contribution in [0.2, 0.25) is 0 Å². The van der Waals surface area contributed by atoms with Gasteiger partial charge in [0.25, 0.3) is 0 Å². The van der Waals surface area contributed by atoms with Gasteiger partial charge >= 0.3 is 7.48 Å². The highest BCUT2D eigenvalue weighted by Crippen LogP contribution is 2.24. The summed E-state index contributed by atoms with van der Waals surface area (Å²) in [7, 11) is 1.55. The summed E-state index contributed by atoms with van der Waals surface area (Å²) >= 11 is 0. The number of anilines is 1. The van der Waals surface area contributed by atoms with Gasteiger partial charge in [-0.2, -0.15) is 0 Å². The van der Waals surface area contributed by atoms with E-state index in [1.165, 1.54) is 12.8 Å². The Morgan fingerprint density at radius 2 is 1.80 bits per heavy atom. The average Bonchev–Trinajstić information content (AvgIpc) is 2.89. The quantitative estimate of drug-likeness (QED) is 0.809. The lowest BCUT2D eigenvalue weighted by molar-refractivity contribution is -0.0893. The fourth-order valence-corrected chi connectivity index (χ4v) is 1.85. The van der Waals surface area contributed by atoms with Gasteiger partial charge in [0.05, 0.1) is 23.0 Å². The van der Waals surface area contributed by atoms with Crippen molar-refractivity contribution in [2.24, 2.45) is 0 Å². The maximum Gasteiger partial charge on any atom is 0.353 e. The van der Waals surface area contributed by atoms with Gasteiger partial charge in [-0.15, -0.1) is 0 Å². The zero-order valence-corrected chi connectivity index (χ0v) is 12.8. The third kappa shape index (κ3) is 3.49. The number of nitrogens with zero attached hydrogens (tertiary/aromatic N) is 3. The van der Waals surface area contributed by atoms with E-state index in [1.54, 1.807) is 33.7 Å².